The first-order valence-corrected chi connectivity index (χ1v) is 6.45. The van der Waals surface area contributed by atoms with E-state index in [4.69, 9.17) is 12.2 Å². The van der Waals surface area contributed by atoms with Crippen LogP contribution in [-0.2, 0) is 0 Å². The molecule has 0 saturated carbocycles. The van der Waals surface area contributed by atoms with Crippen LogP contribution < -0.4 is 10.6 Å². The standard InChI is InChI=1S/C14H17N3S/c1-10(2)8-16-14(18)17-13-5-3-4-11-9-15-7-6-12(11)13/h3-7,9-10H,8H2,1-2H3,(H2,16,17,18). The van der Waals surface area contributed by atoms with Crippen LogP contribution in [0.5, 0.6) is 0 Å². The monoisotopic (exact) mass is 259 g/mol. The topological polar surface area (TPSA) is 37.0 Å². The normalized spacial score (nSPS) is 10.6. The van der Waals surface area contributed by atoms with E-state index in [0.717, 1.165) is 23.0 Å². The van der Waals surface area contributed by atoms with Gasteiger partial charge in [-0.15, -0.1) is 0 Å². The molecule has 94 valence electrons. The SMILES string of the molecule is CC(C)CNC(=S)Nc1cccc2cnccc12. The number of nitrogens with zero attached hydrogens (tertiary/aromatic N) is 1. The Labute approximate surface area is 113 Å². The van der Waals surface area contributed by atoms with Crippen molar-refractivity contribution in [3.63, 3.8) is 0 Å². The zero-order chi connectivity index (χ0) is 13.0. The molecule has 0 bridgehead atoms. The highest BCUT2D eigenvalue weighted by Crippen LogP contribution is 2.21. The lowest BCUT2D eigenvalue weighted by Crippen LogP contribution is -2.31. The number of hydrogen-bond donors (Lipinski definition) is 2. The number of rotatable bonds is 3. The Morgan fingerprint density at radius 1 is 1.33 bits per heavy atom. The zero-order valence-electron chi connectivity index (χ0n) is 10.6. The van der Waals surface area contributed by atoms with Gasteiger partial charge in [0.05, 0.1) is 0 Å². The lowest BCUT2D eigenvalue weighted by molar-refractivity contribution is 0.627. The van der Waals surface area contributed by atoms with Gasteiger partial charge in [-0.25, -0.2) is 0 Å². The second kappa shape index (κ2) is 5.78. The number of hydrogen-bond acceptors (Lipinski definition) is 2. The third kappa shape index (κ3) is 3.17. The summed E-state index contributed by atoms with van der Waals surface area (Å²) in [5.74, 6) is 0.571. The van der Waals surface area contributed by atoms with Gasteiger partial charge in [-0.3, -0.25) is 4.98 Å². The summed E-state index contributed by atoms with van der Waals surface area (Å²) in [5, 5.41) is 9.32. The number of pyridine rings is 1. The van der Waals surface area contributed by atoms with E-state index in [0.29, 0.717) is 11.0 Å². The minimum Gasteiger partial charge on any atom is -0.362 e. The van der Waals surface area contributed by atoms with Gasteiger partial charge in [0, 0.05) is 35.4 Å². The van der Waals surface area contributed by atoms with Gasteiger partial charge in [0.15, 0.2) is 5.11 Å². The Morgan fingerprint density at radius 2 is 2.17 bits per heavy atom. The molecular formula is C14H17N3S. The molecule has 0 amide bonds. The van der Waals surface area contributed by atoms with Crippen LogP contribution in [0.25, 0.3) is 10.8 Å². The van der Waals surface area contributed by atoms with Crippen molar-refractivity contribution in [1.29, 1.82) is 0 Å². The zero-order valence-corrected chi connectivity index (χ0v) is 11.4. The van der Waals surface area contributed by atoms with Crippen molar-refractivity contribution >= 4 is 33.8 Å². The van der Waals surface area contributed by atoms with Gasteiger partial charge in [-0.2, -0.15) is 0 Å². The Bertz CT molecular complexity index is 546. The molecule has 0 atom stereocenters. The summed E-state index contributed by atoms with van der Waals surface area (Å²) in [4.78, 5) is 4.12. The molecule has 0 saturated heterocycles. The van der Waals surface area contributed by atoms with Crippen LogP contribution >= 0.6 is 12.2 Å². The van der Waals surface area contributed by atoms with Crippen LogP contribution in [0.2, 0.25) is 0 Å². The van der Waals surface area contributed by atoms with Crippen LogP contribution in [0.4, 0.5) is 5.69 Å². The van der Waals surface area contributed by atoms with Gasteiger partial charge >= 0.3 is 0 Å². The Balaban J connectivity index is 2.14. The number of nitrogens with one attached hydrogen (secondary N) is 2. The quantitative estimate of drug-likeness (QED) is 0.830. The van der Waals surface area contributed by atoms with Crippen molar-refractivity contribution in [2.45, 2.75) is 13.8 Å². The molecule has 1 aromatic carbocycles. The summed E-state index contributed by atoms with van der Waals surface area (Å²) in [7, 11) is 0. The van der Waals surface area contributed by atoms with Crippen LogP contribution in [0.15, 0.2) is 36.7 Å². The number of thiocarbonyl (C=S) groups is 1. The summed E-state index contributed by atoms with van der Waals surface area (Å²) in [6, 6.07) is 8.05. The van der Waals surface area contributed by atoms with Gasteiger partial charge in [0.25, 0.3) is 0 Å². The van der Waals surface area contributed by atoms with Crippen molar-refractivity contribution in [3.8, 4) is 0 Å². The molecule has 0 spiro atoms. The first kappa shape index (κ1) is 12.8. The predicted octanol–water partition coefficient (Wildman–Crippen LogP) is 3.18. The molecular weight excluding hydrogens is 242 g/mol. The molecule has 0 fully saturated rings. The summed E-state index contributed by atoms with van der Waals surface area (Å²) in [6.07, 6.45) is 3.64. The summed E-state index contributed by atoms with van der Waals surface area (Å²) in [6.45, 7) is 5.18. The first-order chi connectivity index (χ1) is 8.66. The minimum absolute atomic E-state index is 0.571. The number of aromatic nitrogens is 1. The molecule has 0 radical (unpaired) electrons. The first-order valence-electron chi connectivity index (χ1n) is 6.04. The van der Waals surface area contributed by atoms with Gasteiger partial charge in [0.1, 0.15) is 0 Å². The fourth-order valence-electron chi connectivity index (χ4n) is 1.69. The highest BCUT2D eigenvalue weighted by atomic mass is 32.1. The number of fused-ring (bicyclic) bond motifs is 1. The van der Waals surface area contributed by atoms with Crippen LogP contribution in [0.3, 0.4) is 0 Å². The highest BCUT2D eigenvalue weighted by molar-refractivity contribution is 7.80. The minimum atomic E-state index is 0.571. The highest BCUT2D eigenvalue weighted by Gasteiger charge is 2.03. The second-order valence-electron chi connectivity index (χ2n) is 4.63. The van der Waals surface area contributed by atoms with Gasteiger partial charge in [-0.05, 0) is 30.3 Å². The van der Waals surface area contributed by atoms with Crippen molar-refractivity contribution in [3.05, 3.63) is 36.7 Å². The van der Waals surface area contributed by atoms with E-state index in [1.807, 2.05) is 30.5 Å². The van der Waals surface area contributed by atoms with Crippen LogP contribution in [0.1, 0.15) is 13.8 Å². The molecule has 1 heterocycles. The summed E-state index contributed by atoms with van der Waals surface area (Å²) >= 11 is 5.28. The lowest BCUT2D eigenvalue weighted by Gasteiger charge is -2.13. The van der Waals surface area contributed by atoms with E-state index in [-0.39, 0.29) is 0 Å². The third-order valence-corrected chi connectivity index (χ3v) is 2.85. The van der Waals surface area contributed by atoms with E-state index in [9.17, 15) is 0 Å². The fourth-order valence-corrected chi connectivity index (χ4v) is 1.89. The van der Waals surface area contributed by atoms with Crippen molar-refractivity contribution < 1.29 is 0 Å². The lowest BCUT2D eigenvalue weighted by atomic mass is 10.1. The molecule has 0 unspecified atom stereocenters. The molecule has 0 aliphatic carbocycles. The van der Waals surface area contributed by atoms with Gasteiger partial charge in [0.2, 0.25) is 0 Å². The maximum absolute atomic E-state index is 5.28. The molecule has 1 aromatic heterocycles. The average molecular weight is 259 g/mol. The Kier molecular flexibility index (Phi) is 4.10. The third-order valence-electron chi connectivity index (χ3n) is 2.60. The van der Waals surface area contributed by atoms with E-state index in [1.165, 1.54) is 0 Å². The van der Waals surface area contributed by atoms with E-state index < -0.39 is 0 Å². The molecule has 2 aromatic rings. The van der Waals surface area contributed by atoms with E-state index in [1.54, 1.807) is 6.20 Å². The number of anilines is 1. The second-order valence-corrected chi connectivity index (χ2v) is 5.04. The van der Waals surface area contributed by atoms with Crippen molar-refractivity contribution in [1.82, 2.24) is 10.3 Å². The van der Waals surface area contributed by atoms with Crippen LogP contribution in [-0.4, -0.2) is 16.6 Å². The molecule has 0 aliphatic heterocycles. The largest absolute Gasteiger partial charge is 0.362 e. The maximum atomic E-state index is 5.28. The number of benzene rings is 1. The van der Waals surface area contributed by atoms with Crippen molar-refractivity contribution in [2.75, 3.05) is 11.9 Å². The van der Waals surface area contributed by atoms with Gasteiger partial charge < -0.3 is 10.6 Å². The van der Waals surface area contributed by atoms with E-state index >= 15 is 0 Å². The van der Waals surface area contributed by atoms with Crippen molar-refractivity contribution in [2.24, 2.45) is 5.92 Å². The smallest absolute Gasteiger partial charge is 0.170 e. The molecule has 3 nitrogen and oxygen atoms in total. The molecule has 18 heavy (non-hydrogen) atoms. The maximum Gasteiger partial charge on any atom is 0.170 e. The van der Waals surface area contributed by atoms with Crippen LogP contribution in [0, 0.1) is 5.92 Å². The molecule has 0 aliphatic rings. The predicted molar refractivity (Wildman–Crippen MR) is 80.8 cm³/mol. The fraction of sp³-hybridized carbons (Fsp3) is 0.286. The van der Waals surface area contributed by atoms with E-state index in [2.05, 4.69) is 29.5 Å². The summed E-state index contributed by atoms with van der Waals surface area (Å²) < 4.78 is 0. The molecule has 2 N–H and O–H groups in total. The summed E-state index contributed by atoms with van der Waals surface area (Å²) in [5.41, 5.74) is 1.01. The average Bonchev–Trinajstić information content (AvgIpc) is 2.37. The Morgan fingerprint density at radius 3 is 2.94 bits per heavy atom. The Hall–Kier alpha value is -1.68. The molecule has 2 rings (SSSR count). The van der Waals surface area contributed by atoms with Gasteiger partial charge in [-0.1, -0.05) is 26.0 Å². The molecule has 4 heteroatoms.